The molecule has 0 saturated carbocycles. The fraction of sp³-hybridized carbons (Fsp3) is 0.412. The molecule has 0 aliphatic heterocycles. The SMILES string of the molecule is COc1ccc(-n2cccn2)c(CN(C)[C@@H](C)C(=O)N(C)C)c1. The average molecular weight is 316 g/mol. The van der Waals surface area contributed by atoms with Crippen molar-refractivity contribution in [2.24, 2.45) is 0 Å². The van der Waals surface area contributed by atoms with Gasteiger partial charge in [0.05, 0.1) is 18.8 Å². The largest absolute Gasteiger partial charge is 0.497 e. The molecule has 0 spiro atoms. The van der Waals surface area contributed by atoms with E-state index in [1.165, 1.54) is 0 Å². The van der Waals surface area contributed by atoms with Crippen molar-refractivity contribution in [1.82, 2.24) is 19.6 Å². The Kier molecular flexibility index (Phi) is 5.39. The quantitative estimate of drug-likeness (QED) is 0.815. The highest BCUT2D eigenvalue weighted by atomic mass is 16.5. The molecule has 6 heteroatoms. The van der Waals surface area contributed by atoms with E-state index in [0.29, 0.717) is 6.54 Å². The number of carbonyl (C=O) groups excluding carboxylic acids is 1. The highest BCUT2D eigenvalue weighted by Crippen LogP contribution is 2.22. The van der Waals surface area contributed by atoms with Gasteiger partial charge in [-0.05, 0) is 43.8 Å². The zero-order chi connectivity index (χ0) is 17.0. The Morgan fingerprint density at radius 1 is 1.35 bits per heavy atom. The van der Waals surface area contributed by atoms with Crippen molar-refractivity contribution in [3.05, 3.63) is 42.2 Å². The molecule has 1 heterocycles. The molecule has 0 aliphatic rings. The van der Waals surface area contributed by atoms with Crippen LogP contribution in [0.5, 0.6) is 5.75 Å². The Hall–Kier alpha value is -2.34. The number of hydrogen-bond donors (Lipinski definition) is 0. The zero-order valence-corrected chi connectivity index (χ0v) is 14.4. The Bertz CT molecular complexity index is 653. The number of rotatable bonds is 6. The van der Waals surface area contributed by atoms with Crippen LogP contribution in [0.2, 0.25) is 0 Å². The van der Waals surface area contributed by atoms with Crippen LogP contribution in [0.1, 0.15) is 12.5 Å². The lowest BCUT2D eigenvalue weighted by molar-refractivity contribution is -0.133. The number of hydrogen-bond acceptors (Lipinski definition) is 4. The van der Waals surface area contributed by atoms with Crippen LogP contribution in [0.3, 0.4) is 0 Å². The van der Waals surface area contributed by atoms with Gasteiger partial charge in [-0.1, -0.05) is 0 Å². The predicted molar refractivity (Wildman–Crippen MR) is 89.7 cm³/mol. The smallest absolute Gasteiger partial charge is 0.239 e. The summed E-state index contributed by atoms with van der Waals surface area (Å²) >= 11 is 0. The van der Waals surface area contributed by atoms with Crippen molar-refractivity contribution in [3.8, 4) is 11.4 Å². The van der Waals surface area contributed by atoms with Crippen LogP contribution in [0.15, 0.2) is 36.7 Å². The molecule has 6 nitrogen and oxygen atoms in total. The highest BCUT2D eigenvalue weighted by molar-refractivity contribution is 5.80. The number of amides is 1. The van der Waals surface area contributed by atoms with Gasteiger partial charge in [0.15, 0.2) is 0 Å². The summed E-state index contributed by atoms with van der Waals surface area (Å²) in [6, 6.07) is 7.56. The van der Waals surface area contributed by atoms with E-state index < -0.39 is 0 Å². The molecular weight excluding hydrogens is 292 g/mol. The number of aromatic nitrogens is 2. The van der Waals surface area contributed by atoms with Crippen molar-refractivity contribution >= 4 is 5.91 Å². The molecule has 124 valence electrons. The fourth-order valence-corrected chi connectivity index (χ4v) is 2.42. The zero-order valence-electron chi connectivity index (χ0n) is 14.4. The Labute approximate surface area is 137 Å². The number of likely N-dealkylation sites (N-methyl/N-ethyl adjacent to an activating group) is 2. The second kappa shape index (κ2) is 7.28. The van der Waals surface area contributed by atoms with Gasteiger partial charge >= 0.3 is 0 Å². The van der Waals surface area contributed by atoms with Crippen molar-refractivity contribution < 1.29 is 9.53 Å². The molecule has 1 amide bonds. The molecule has 0 radical (unpaired) electrons. The van der Waals surface area contributed by atoms with Gasteiger partial charge in [0.1, 0.15) is 5.75 Å². The minimum atomic E-state index is -0.207. The standard InChI is InChI=1S/C17H24N4O2/c1-13(17(22)19(2)3)20(4)12-14-11-15(23-5)7-8-16(14)21-10-6-9-18-21/h6-11,13H,12H2,1-5H3/t13-/m0/s1. The van der Waals surface area contributed by atoms with Crippen LogP contribution < -0.4 is 4.74 Å². The van der Waals surface area contributed by atoms with Gasteiger partial charge in [-0.2, -0.15) is 5.10 Å². The Morgan fingerprint density at radius 2 is 2.09 bits per heavy atom. The monoisotopic (exact) mass is 316 g/mol. The first-order valence-corrected chi connectivity index (χ1v) is 7.52. The summed E-state index contributed by atoms with van der Waals surface area (Å²) in [6.07, 6.45) is 3.65. The van der Waals surface area contributed by atoms with Gasteiger partial charge in [-0.15, -0.1) is 0 Å². The molecular formula is C17H24N4O2. The van der Waals surface area contributed by atoms with Gasteiger partial charge in [0.2, 0.25) is 5.91 Å². The van der Waals surface area contributed by atoms with E-state index in [9.17, 15) is 4.79 Å². The van der Waals surface area contributed by atoms with Crippen molar-refractivity contribution in [3.63, 3.8) is 0 Å². The predicted octanol–water partition coefficient (Wildman–Crippen LogP) is 1.79. The second-order valence-corrected chi connectivity index (χ2v) is 5.77. The summed E-state index contributed by atoms with van der Waals surface area (Å²) in [5.74, 6) is 0.868. The Balaban J connectivity index is 2.29. The van der Waals surface area contributed by atoms with E-state index in [-0.39, 0.29) is 11.9 Å². The summed E-state index contributed by atoms with van der Waals surface area (Å²) in [5, 5.41) is 4.30. The minimum Gasteiger partial charge on any atom is -0.497 e. The third-order valence-corrected chi connectivity index (χ3v) is 3.92. The van der Waals surface area contributed by atoms with E-state index in [1.54, 1.807) is 32.3 Å². The number of carbonyl (C=O) groups is 1. The van der Waals surface area contributed by atoms with Crippen molar-refractivity contribution in [1.29, 1.82) is 0 Å². The van der Waals surface area contributed by atoms with Gasteiger partial charge in [-0.25, -0.2) is 4.68 Å². The lowest BCUT2D eigenvalue weighted by atomic mass is 10.1. The lowest BCUT2D eigenvalue weighted by Crippen LogP contribution is -2.42. The molecule has 1 aromatic carbocycles. The summed E-state index contributed by atoms with van der Waals surface area (Å²) in [7, 11) is 7.13. The third kappa shape index (κ3) is 3.90. The average Bonchev–Trinajstić information content (AvgIpc) is 3.07. The van der Waals surface area contributed by atoms with E-state index in [1.807, 2.05) is 54.0 Å². The van der Waals surface area contributed by atoms with Crippen LogP contribution >= 0.6 is 0 Å². The molecule has 2 rings (SSSR count). The normalized spacial score (nSPS) is 12.3. The van der Waals surface area contributed by atoms with Gasteiger partial charge < -0.3 is 9.64 Å². The highest BCUT2D eigenvalue weighted by Gasteiger charge is 2.21. The molecule has 1 atom stereocenters. The van der Waals surface area contributed by atoms with Crippen LogP contribution in [0, 0.1) is 0 Å². The molecule has 0 aliphatic carbocycles. The van der Waals surface area contributed by atoms with Crippen LogP contribution in [-0.2, 0) is 11.3 Å². The maximum atomic E-state index is 12.2. The minimum absolute atomic E-state index is 0.0797. The van der Waals surface area contributed by atoms with Gasteiger partial charge in [0.25, 0.3) is 0 Å². The number of nitrogens with zero attached hydrogens (tertiary/aromatic N) is 4. The molecule has 0 unspecified atom stereocenters. The van der Waals surface area contributed by atoms with Crippen molar-refractivity contribution in [2.75, 3.05) is 28.3 Å². The summed E-state index contributed by atoms with van der Waals surface area (Å²) in [4.78, 5) is 15.8. The first-order valence-electron chi connectivity index (χ1n) is 7.52. The number of ether oxygens (including phenoxy) is 1. The van der Waals surface area contributed by atoms with Crippen molar-refractivity contribution in [2.45, 2.75) is 19.5 Å². The topological polar surface area (TPSA) is 50.6 Å². The fourth-order valence-electron chi connectivity index (χ4n) is 2.42. The summed E-state index contributed by atoms with van der Waals surface area (Å²) < 4.78 is 7.15. The molecule has 2 aromatic rings. The van der Waals surface area contributed by atoms with Gasteiger partial charge in [-0.3, -0.25) is 9.69 Å². The third-order valence-electron chi connectivity index (χ3n) is 3.92. The van der Waals surface area contributed by atoms with E-state index >= 15 is 0 Å². The van der Waals surface area contributed by atoms with E-state index in [2.05, 4.69) is 5.10 Å². The summed E-state index contributed by atoms with van der Waals surface area (Å²) in [5.41, 5.74) is 2.03. The first-order chi connectivity index (χ1) is 10.9. The van der Waals surface area contributed by atoms with E-state index in [0.717, 1.165) is 17.0 Å². The second-order valence-electron chi connectivity index (χ2n) is 5.77. The molecule has 23 heavy (non-hydrogen) atoms. The van der Waals surface area contributed by atoms with Crippen LogP contribution in [0.25, 0.3) is 5.69 Å². The molecule has 1 aromatic heterocycles. The molecule has 0 saturated heterocycles. The number of benzene rings is 1. The molecule has 0 N–H and O–H groups in total. The summed E-state index contributed by atoms with van der Waals surface area (Å²) in [6.45, 7) is 2.53. The van der Waals surface area contributed by atoms with Crippen LogP contribution in [-0.4, -0.2) is 59.8 Å². The van der Waals surface area contributed by atoms with E-state index in [4.69, 9.17) is 4.74 Å². The number of methoxy groups -OCH3 is 1. The maximum Gasteiger partial charge on any atom is 0.239 e. The molecule has 0 bridgehead atoms. The van der Waals surface area contributed by atoms with Gasteiger partial charge in [0, 0.05) is 33.0 Å². The van der Waals surface area contributed by atoms with Crippen LogP contribution in [0.4, 0.5) is 0 Å². The molecule has 0 fully saturated rings. The lowest BCUT2D eigenvalue weighted by Gasteiger charge is -2.27. The maximum absolute atomic E-state index is 12.2. The first kappa shape index (κ1) is 17.0. The Morgan fingerprint density at radius 3 is 2.65 bits per heavy atom.